The molecule has 14 rings (SSSR count). The summed E-state index contributed by atoms with van der Waals surface area (Å²) in [6, 6.07) is 41.7. The summed E-state index contributed by atoms with van der Waals surface area (Å²) in [6.07, 6.45) is 42.1. The van der Waals surface area contributed by atoms with Gasteiger partial charge in [0, 0.05) is 29.0 Å². The van der Waals surface area contributed by atoms with Gasteiger partial charge in [0.15, 0.2) is 0 Å². The first-order valence-electron chi connectivity index (χ1n) is 25.0. The lowest BCUT2D eigenvalue weighted by atomic mass is 9.69. The molecule has 9 aliphatic rings. The lowest BCUT2D eigenvalue weighted by Gasteiger charge is -2.43. The van der Waals surface area contributed by atoms with Gasteiger partial charge in [0.2, 0.25) is 0 Å². The third kappa shape index (κ3) is 6.41. The van der Waals surface area contributed by atoms with E-state index in [1.807, 2.05) is 0 Å². The van der Waals surface area contributed by atoms with Crippen LogP contribution in [-0.2, 0) is 0 Å². The molecule has 4 nitrogen and oxygen atoms in total. The number of para-hydroxylation sites is 1. The van der Waals surface area contributed by atoms with Gasteiger partial charge in [0.05, 0.1) is 12.1 Å². The summed E-state index contributed by atoms with van der Waals surface area (Å²) >= 11 is 0. The van der Waals surface area contributed by atoms with Crippen LogP contribution in [0.5, 0.6) is 0 Å². The molecule has 8 atom stereocenters. The van der Waals surface area contributed by atoms with Gasteiger partial charge in [0.1, 0.15) is 18.2 Å². The zero-order valence-electron chi connectivity index (χ0n) is 38.2. The number of allylic oxidation sites excluding steroid dienone is 16. The summed E-state index contributed by atoms with van der Waals surface area (Å²) in [7, 11) is 0. The van der Waals surface area contributed by atoms with Gasteiger partial charge in [-0.05, 0) is 128 Å². The van der Waals surface area contributed by atoms with Gasteiger partial charge in [-0.3, -0.25) is 5.32 Å². The van der Waals surface area contributed by atoms with E-state index < -0.39 is 0 Å². The number of fused-ring (bicyclic) bond motifs is 10. The fourth-order valence-corrected chi connectivity index (χ4v) is 13.2. The van der Waals surface area contributed by atoms with E-state index in [1.165, 1.54) is 88.8 Å². The summed E-state index contributed by atoms with van der Waals surface area (Å²) in [4.78, 5) is 8.39. The minimum atomic E-state index is -0.208. The highest BCUT2D eigenvalue weighted by Gasteiger charge is 2.48. The Morgan fingerprint density at radius 2 is 1.47 bits per heavy atom. The Labute approximate surface area is 400 Å². The number of aliphatic imine (C=N–C) groups is 1. The number of anilines is 1. The van der Waals surface area contributed by atoms with Gasteiger partial charge in [-0.15, -0.1) is 0 Å². The quantitative estimate of drug-likeness (QED) is 0.179. The zero-order valence-corrected chi connectivity index (χ0v) is 38.2. The molecule has 0 fully saturated rings. The molecule has 5 aromatic rings. The minimum Gasteiger partial charge on any atom is -0.357 e. The zero-order chi connectivity index (χ0) is 44.7. The predicted molar refractivity (Wildman–Crippen MR) is 282 cm³/mol. The number of benzene rings is 5. The Balaban J connectivity index is 0.888. The Morgan fingerprint density at radius 1 is 0.618 bits per heavy atom. The molecule has 330 valence electrons. The van der Waals surface area contributed by atoms with E-state index >= 15 is 0 Å². The molecule has 4 heteroatoms. The molecule has 0 radical (unpaired) electrons. The topological polar surface area (TPSA) is 39.7 Å². The van der Waals surface area contributed by atoms with Gasteiger partial charge in [0.25, 0.3) is 0 Å². The number of hydrogen-bond acceptors (Lipinski definition) is 4. The Kier molecular flexibility index (Phi) is 9.50. The molecule has 0 amide bonds. The second kappa shape index (κ2) is 16.2. The van der Waals surface area contributed by atoms with Crippen LogP contribution in [0.25, 0.3) is 28.0 Å². The van der Waals surface area contributed by atoms with E-state index in [0.29, 0.717) is 11.8 Å². The summed E-state index contributed by atoms with van der Waals surface area (Å²) in [5.74, 6) is 2.26. The lowest BCUT2D eigenvalue weighted by Crippen LogP contribution is -2.53. The van der Waals surface area contributed by atoms with Crippen LogP contribution in [-0.4, -0.2) is 18.0 Å². The van der Waals surface area contributed by atoms with Crippen molar-refractivity contribution in [2.45, 2.75) is 68.4 Å². The number of nitrogens with one attached hydrogen (secondary N) is 2. The standard InChI is InChI=1S/C64H54N4/c1-3-17-40(18-4-1)44-24-15-25-46(37-44)63-65-62(43-20-5-2-6-21-43)66-64(67-63)47-34-33-42-23-16-32-56(54(42)38-47)68-55-31-14-13-30-52(55)60-57(68)39-45-22-8-10-27-49(45)61(60)59-51-29-12-11-28-50(51)58-48-26-9-7-19-41(48)35-36-53(58)59/h1-20,23,25-31,33-38,43-45,50,56-57,63-64,67H,21-22,24,32,39H2,(H,65,66). The molecule has 8 unspecified atom stereocenters. The molecule has 0 bridgehead atoms. The Bertz CT molecular complexity index is 3320. The summed E-state index contributed by atoms with van der Waals surface area (Å²) < 4.78 is 0. The maximum Gasteiger partial charge on any atom is 0.129 e. The molecular weight excluding hydrogens is 825 g/mol. The SMILES string of the molecule is C1=CCC(C2=NC(c3ccc4c(c3)C(N3c5ccccc5C5=C(C6=C7C=CC=CC7c7c6ccc6ccccc76)C6=CC=CCC6CC53)CC=C4)NC(C3=CC(c4ccccc4)CC=C3)N2)C=C1. The van der Waals surface area contributed by atoms with Crippen molar-refractivity contribution in [1.82, 2.24) is 10.6 Å². The van der Waals surface area contributed by atoms with Crippen molar-refractivity contribution in [2.24, 2.45) is 16.8 Å². The van der Waals surface area contributed by atoms with Crippen molar-refractivity contribution in [1.29, 1.82) is 0 Å². The first-order chi connectivity index (χ1) is 33.7. The van der Waals surface area contributed by atoms with Gasteiger partial charge < -0.3 is 10.2 Å². The van der Waals surface area contributed by atoms with Crippen LogP contribution in [0.1, 0.15) is 95.1 Å². The summed E-state index contributed by atoms with van der Waals surface area (Å²) in [5, 5.41) is 10.6. The highest BCUT2D eigenvalue weighted by atomic mass is 15.3. The van der Waals surface area contributed by atoms with E-state index in [2.05, 4.69) is 222 Å². The third-order valence-electron chi connectivity index (χ3n) is 16.2. The predicted octanol–water partition coefficient (Wildman–Crippen LogP) is 14.2. The molecular formula is C64H54N4. The molecule has 2 heterocycles. The Hall–Kier alpha value is -7.27. The van der Waals surface area contributed by atoms with Gasteiger partial charge >= 0.3 is 0 Å². The molecule has 2 aliphatic heterocycles. The monoisotopic (exact) mass is 878 g/mol. The molecule has 68 heavy (non-hydrogen) atoms. The van der Waals surface area contributed by atoms with E-state index in [1.54, 1.807) is 0 Å². The van der Waals surface area contributed by atoms with Crippen molar-refractivity contribution in [3.05, 3.63) is 262 Å². The van der Waals surface area contributed by atoms with Crippen LogP contribution in [0.2, 0.25) is 0 Å². The molecule has 0 spiro atoms. The maximum absolute atomic E-state index is 5.53. The average Bonchev–Trinajstić information content (AvgIpc) is 3.93. The van der Waals surface area contributed by atoms with Crippen LogP contribution in [0.15, 0.2) is 228 Å². The largest absolute Gasteiger partial charge is 0.357 e. The van der Waals surface area contributed by atoms with Gasteiger partial charge in [-0.25, -0.2) is 4.99 Å². The minimum absolute atomic E-state index is 0.0740. The van der Waals surface area contributed by atoms with Crippen LogP contribution in [0.4, 0.5) is 5.69 Å². The van der Waals surface area contributed by atoms with Gasteiger partial charge in [-0.2, -0.15) is 0 Å². The summed E-state index contributed by atoms with van der Waals surface area (Å²) in [5.41, 5.74) is 19.5. The van der Waals surface area contributed by atoms with Gasteiger partial charge in [-0.1, -0.05) is 194 Å². The smallest absolute Gasteiger partial charge is 0.129 e. The third-order valence-corrected chi connectivity index (χ3v) is 16.2. The second-order valence-electron chi connectivity index (χ2n) is 19.9. The molecule has 0 saturated carbocycles. The van der Waals surface area contributed by atoms with Crippen LogP contribution in [0, 0.1) is 11.8 Å². The Morgan fingerprint density at radius 3 is 2.41 bits per heavy atom. The number of amidine groups is 1. The van der Waals surface area contributed by atoms with E-state index in [-0.39, 0.29) is 36.3 Å². The average molecular weight is 879 g/mol. The fraction of sp³-hybridized carbons (Fsp3) is 0.203. The number of rotatable bonds is 6. The molecule has 7 aliphatic carbocycles. The number of hydrogen-bond donors (Lipinski definition) is 2. The fourth-order valence-electron chi connectivity index (χ4n) is 13.2. The van der Waals surface area contributed by atoms with Crippen LogP contribution >= 0.6 is 0 Å². The highest BCUT2D eigenvalue weighted by Crippen LogP contribution is 2.61. The van der Waals surface area contributed by atoms with Crippen LogP contribution < -0.4 is 15.5 Å². The van der Waals surface area contributed by atoms with E-state index in [9.17, 15) is 0 Å². The maximum atomic E-state index is 5.53. The first-order valence-corrected chi connectivity index (χ1v) is 25.0. The lowest BCUT2D eigenvalue weighted by molar-refractivity contribution is 0.428. The van der Waals surface area contributed by atoms with Crippen molar-refractivity contribution in [3.8, 4) is 0 Å². The van der Waals surface area contributed by atoms with Crippen molar-refractivity contribution < 1.29 is 0 Å². The van der Waals surface area contributed by atoms with Crippen LogP contribution in [0.3, 0.4) is 0 Å². The molecule has 5 aromatic carbocycles. The van der Waals surface area contributed by atoms with E-state index in [4.69, 9.17) is 4.99 Å². The normalized spacial score (nSPS) is 28.1. The number of nitrogens with zero attached hydrogens (tertiary/aromatic N) is 2. The molecule has 2 N–H and O–H groups in total. The van der Waals surface area contributed by atoms with Crippen molar-refractivity contribution in [2.75, 3.05) is 4.90 Å². The van der Waals surface area contributed by atoms with E-state index in [0.717, 1.165) is 37.9 Å². The summed E-state index contributed by atoms with van der Waals surface area (Å²) in [6.45, 7) is 0. The molecule has 0 aromatic heterocycles. The van der Waals surface area contributed by atoms with Crippen molar-refractivity contribution >= 4 is 39.5 Å². The second-order valence-corrected chi connectivity index (χ2v) is 19.9. The molecule has 0 saturated heterocycles. The first kappa shape index (κ1) is 39.9. The van der Waals surface area contributed by atoms with Crippen molar-refractivity contribution in [3.63, 3.8) is 0 Å². The highest BCUT2D eigenvalue weighted by molar-refractivity contribution is 6.08.